The number of hydrogen-bond acceptors (Lipinski definition) is 3. The number of hydrogen-bond donors (Lipinski definition) is 1. The van der Waals surface area contributed by atoms with Crippen LogP contribution < -0.4 is 5.73 Å². The molecule has 0 spiro atoms. The van der Waals surface area contributed by atoms with Crippen molar-refractivity contribution >= 4 is 23.1 Å². The van der Waals surface area contributed by atoms with E-state index in [1.807, 2.05) is 29.2 Å². The maximum atomic E-state index is 12.2. The van der Waals surface area contributed by atoms with Gasteiger partial charge in [-0.3, -0.25) is 4.79 Å². The molecule has 2 rings (SSSR count). The number of ether oxygens (including phenoxy) is 1. The van der Waals surface area contributed by atoms with Gasteiger partial charge in [-0.15, -0.1) is 0 Å². The number of carbonyl (C=O) groups is 1. The summed E-state index contributed by atoms with van der Waals surface area (Å²) < 4.78 is 5.15. The topological polar surface area (TPSA) is 55.6 Å². The van der Waals surface area contributed by atoms with Crippen molar-refractivity contribution in [2.75, 3.05) is 26.8 Å². The lowest BCUT2D eigenvalue weighted by atomic mass is 10.1. The average molecular weight is 292 g/mol. The molecule has 1 aromatic carbocycles. The third kappa shape index (κ3) is 3.77. The van der Waals surface area contributed by atoms with Gasteiger partial charge >= 0.3 is 0 Å². The molecule has 1 saturated heterocycles. The Morgan fingerprint density at radius 1 is 1.45 bits per heavy atom. The van der Waals surface area contributed by atoms with Crippen LogP contribution in [0.3, 0.4) is 0 Å². The van der Waals surface area contributed by atoms with E-state index in [1.54, 1.807) is 7.11 Å². The van der Waals surface area contributed by atoms with Crippen LogP contribution in [0.1, 0.15) is 17.5 Å². The Bertz CT molecular complexity index is 487. The highest BCUT2D eigenvalue weighted by atomic mass is 32.1. The zero-order chi connectivity index (χ0) is 14.5. The largest absolute Gasteiger partial charge is 0.389 e. The summed E-state index contributed by atoms with van der Waals surface area (Å²) in [5.74, 6) is 0.646. The van der Waals surface area contributed by atoms with Gasteiger partial charge in [-0.1, -0.05) is 36.5 Å². The molecule has 0 radical (unpaired) electrons. The van der Waals surface area contributed by atoms with Crippen LogP contribution >= 0.6 is 12.2 Å². The highest BCUT2D eigenvalue weighted by molar-refractivity contribution is 7.80. The Morgan fingerprint density at radius 2 is 2.15 bits per heavy atom. The van der Waals surface area contributed by atoms with Crippen molar-refractivity contribution in [1.82, 2.24) is 4.90 Å². The first-order valence-corrected chi connectivity index (χ1v) is 7.16. The van der Waals surface area contributed by atoms with Gasteiger partial charge < -0.3 is 15.4 Å². The number of methoxy groups -OCH3 is 1. The van der Waals surface area contributed by atoms with Crippen LogP contribution in [-0.2, 0) is 16.0 Å². The Morgan fingerprint density at radius 3 is 2.75 bits per heavy atom. The monoisotopic (exact) mass is 292 g/mol. The van der Waals surface area contributed by atoms with E-state index in [0.29, 0.717) is 17.3 Å². The van der Waals surface area contributed by atoms with Crippen LogP contribution in [0.4, 0.5) is 0 Å². The smallest absolute Gasteiger partial charge is 0.227 e. The lowest BCUT2D eigenvalue weighted by Gasteiger charge is -2.16. The van der Waals surface area contributed by atoms with Gasteiger partial charge in [-0.2, -0.15) is 0 Å². The minimum Gasteiger partial charge on any atom is -0.389 e. The number of benzene rings is 1. The maximum Gasteiger partial charge on any atom is 0.227 e. The van der Waals surface area contributed by atoms with Crippen molar-refractivity contribution in [3.8, 4) is 0 Å². The number of amides is 1. The number of rotatable bonds is 5. The number of thiocarbonyl (C=S) groups is 1. The summed E-state index contributed by atoms with van der Waals surface area (Å²) in [6.07, 6.45) is 1.46. The zero-order valence-corrected chi connectivity index (χ0v) is 12.5. The fourth-order valence-corrected chi connectivity index (χ4v) is 2.64. The van der Waals surface area contributed by atoms with Crippen molar-refractivity contribution in [3.63, 3.8) is 0 Å². The first-order chi connectivity index (χ1) is 9.60. The number of likely N-dealkylation sites (tertiary alicyclic amines) is 1. The molecule has 1 aromatic rings. The van der Waals surface area contributed by atoms with Gasteiger partial charge in [0.1, 0.15) is 4.99 Å². The van der Waals surface area contributed by atoms with Gasteiger partial charge in [-0.05, 0) is 12.0 Å². The standard InChI is InChI=1S/C15H20N2O2S/c1-19-10-12-6-7-17(9-12)14(18)8-11-2-4-13(5-3-11)15(16)20/h2-5,12H,6-10H2,1H3,(H2,16,20). The summed E-state index contributed by atoms with van der Waals surface area (Å²) in [6, 6.07) is 7.55. The van der Waals surface area contributed by atoms with Gasteiger partial charge in [0, 0.05) is 31.7 Å². The second-order valence-corrected chi connectivity index (χ2v) is 5.63. The third-order valence-electron chi connectivity index (χ3n) is 3.63. The minimum atomic E-state index is 0.173. The highest BCUT2D eigenvalue weighted by Crippen LogP contribution is 2.17. The van der Waals surface area contributed by atoms with E-state index in [2.05, 4.69) is 0 Å². The summed E-state index contributed by atoms with van der Waals surface area (Å²) in [4.78, 5) is 14.5. The predicted molar refractivity (Wildman–Crippen MR) is 82.6 cm³/mol. The van der Waals surface area contributed by atoms with Crippen molar-refractivity contribution in [1.29, 1.82) is 0 Å². The zero-order valence-electron chi connectivity index (χ0n) is 11.7. The lowest BCUT2D eigenvalue weighted by molar-refractivity contribution is -0.129. The summed E-state index contributed by atoms with van der Waals surface area (Å²) in [5, 5.41) is 0. The van der Waals surface area contributed by atoms with Crippen LogP contribution in [0.5, 0.6) is 0 Å². The van der Waals surface area contributed by atoms with Crippen molar-refractivity contribution in [3.05, 3.63) is 35.4 Å². The molecular weight excluding hydrogens is 272 g/mol. The lowest BCUT2D eigenvalue weighted by Crippen LogP contribution is -2.30. The molecule has 2 N–H and O–H groups in total. The molecule has 1 amide bonds. The first-order valence-electron chi connectivity index (χ1n) is 6.75. The maximum absolute atomic E-state index is 12.2. The van der Waals surface area contributed by atoms with E-state index < -0.39 is 0 Å². The SMILES string of the molecule is COCC1CCN(C(=O)Cc2ccc(C(N)=S)cc2)C1. The van der Waals surface area contributed by atoms with Crippen molar-refractivity contribution in [2.24, 2.45) is 11.7 Å². The van der Waals surface area contributed by atoms with Crippen LogP contribution in [0.2, 0.25) is 0 Å². The van der Waals surface area contributed by atoms with Crippen LogP contribution in [0.15, 0.2) is 24.3 Å². The highest BCUT2D eigenvalue weighted by Gasteiger charge is 2.25. The molecule has 0 bridgehead atoms. The van der Waals surface area contributed by atoms with Gasteiger partial charge in [0.05, 0.1) is 13.0 Å². The van der Waals surface area contributed by atoms with Gasteiger partial charge in [0.2, 0.25) is 5.91 Å². The van der Waals surface area contributed by atoms with Gasteiger partial charge in [0.25, 0.3) is 0 Å². The molecule has 5 heteroatoms. The summed E-state index contributed by atoms with van der Waals surface area (Å²) in [5.41, 5.74) is 7.37. The quantitative estimate of drug-likeness (QED) is 0.833. The van der Waals surface area contributed by atoms with Crippen molar-refractivity contribution in [2.45, 2.75) is 12.8 Å². The molecule has 1 heterocycles. The van der Waals surface area contributed by atoms with Crippen LogP contribution in [0.25, 0.3) is 0 Å². The molecule has 4 nitrogen and oxygen atoms in total. The molecule has 1 unspecified atom stereocenters. The van der Waals surface area contributed by atoms with Gasteiger partial charge in [0.15, 0.2) is 0 Å². The Balaban J connectivity index is 1.90. The van der Waals surface area contributed by atoms with E-state index in [4.69, 9.17) is 22.7 Å². The molecule has 0 saturated carbocycles. The van der Waals surface area contributed by atoms with Crippen molar-refractivity contribution < 1.29 is 9.53 Å². The molecule has 0 aromatic heterocycles. The van der Waals surface area contributed by atoms with Crippen LogP contribution in [0, 0.1) is 5.92 Å². The Labute approximate surface area is 124 Å². The average Bonchev–Trinajstić information content (AvgIpc) is 2.88. The Kier molecular flexibility index (Phi) is 5.09. The predicted octanol–water partition coefficient (Wildman–Crippen LogP) is 1.36. The second kappa shape index (κ2) is 6.81. The molecule has 108 valence electrons. The molecular formula is C15H20N2O2S. The van der Waals surface area contributed by atoms with E-state index in [-0.39, 0.29) is 5.91 Å². The van der Waals surface area contributed by atoms with Crippen LogP contribution in [-0.4, -0.2) is 42.6 Å². The summed E-state index contributed by atoms with van der Waals surface area (Å²) >= 11 is 4.91. The van der Waals surface area contributed by atoms with E-state index in [1.165, 1.54) is 0 Å². The minimum absolute atomic E-state index is 0.173. The molecule has 1 aliphatic rings. The normalized spacial score (nSPS) is 18.2. The number of nitrogens with zero attached hydrogens (tertiary/aromatic N) is 1. The third-order valence-corrected chi connectivity index (χ3v) is 3.87. The van der Waals surface area contributed by atoms with E-state index >= 15 is 0 Å². The fraction of sp³-hybridized carbons (Fsp3) is 0.467. The number of carbonyl (C=O) groups excluding carboxylic acids is 1. The number of nitrogens with two attached hydrogens (primary N) is 1. The van der Waals surface area contributed by atoms with Gasteiger partial charge in [-0.25, -0.2) is 0 Å². The second-order valence-electron chi connectivity index (χ2n) is 5.19. The molecule has 1 atom stereocenters. The van der Waals surface area contributed by atoms with E-state index in [0.717, 1.165) is 37.2 Å². The Hall–Kier alpha value is -1.46. The summed E-state index contributed by atoms with van der Waals surface area (Å²) in [6.45, 7) is 2.36. The first kappa shape index (κ1) is 14.9. The molecule has 1 fully saturated rings. The van der Waals surface area contributed by atoms with E-state index in [9.17, 15) is 4.79 Å². The summed E-state index contributed by atoms with van der Waals surface area (Å²) in [7, 11) is 1.70. The molecule has 1 aliphatic heterocycles. The molecule has 20 heavy (non-hydrogen) atoms. The molecule has 0 aliphatic carbocycles. The fourth-order valence-electron chi connectivity index (χ4n) is 2.50.